The van der Waals surface area contributed by atoms with Crippen molar-refractivity contribution in [3.05, 3.63) is 113 Å². The number of phenols is 1. The Balaban J connectivity index is 0.000000277. The van der Waals surface area contributed by atoms with Gasteiger partial charge in [0.15, 0.2) is 0 Å². The second-order valence-corrected chi connectivity index (χ2v) is 12.1. The standard InChI is InChI=1S/C18H14N4O5.C16H13N3O4S.Cr.Li/c1-10(23)19-13-4-2-3-11-5-7-16(25)18(17(11)13)21-20-14-9-12(22(26)27)6-8-15(14)24;17-24(22,23)11-6-8-14(20)13(9-11)18-19-16-12-4-2-1-3-10(12)5-7-15(16)21;;/h2-9,24-25H,1H3,(H,19,23);1-9,20-21H,(H2,17,22,23);;/q;;+3;+1/p-4. The summed E-state index contributed by atoms with van der Waals surface area (Å²) in [5.74, 6) is -2.14. The smallest absolute Gasteiger partial charge is 0.871 e. The molecular formula is C34H23CrLiN7O9S. The van der Waals surface area contributed by atoms with Crippen molar-refractivity contribution in [2.45, 2.75) is 11.8 Å². The average Bonchev–Trinajstić information content (AvgIpc) is 3.08. The number of nitrogens with two attached hydrogens (primary N) is 1. The van der Waals surface area contributed by atoms with Crippen molar-refractivity contribution in [2.24, 2.45) is 30.6 Å². The van der Waals surface area contributed by atoms with E-state index in [9.17, 15) is 44.1 Å². The SMILES string of the molecule is CC([O-])=Nc1cccc2ccc([O-])c(N=Nc3cc([N+](=O)[O-])ccc3[O-])c12.NS(=O)(=O)c1ccc([O-])c(N=Nc2c(O)ccc3ccccc23)c1.[Cr+3].[Li+]. The van der Waals surface area contributed by atoms with Gasteiger partial charge in [0.05, 0.1) is 32.6 Å². The van der Waals surface area contributed by atoms with Crippen molar-refractivity contribution >= 4 is 71.6 Å². The van der Waals surface area contributed by atoms with Crippen LogP contribution in [0.2, 0.25) is 0 Å². The first-order chi connectivity index (χ1) is 24.2. The molecule has 6 rings (SSSR count). The second kappa shape index (κ2) is 17.6. The zero-order chi connectivity index (χ0) is 36.9. The van der Waals surface area contributed by atoms with Crippen LogP contribution in [0, 0.1) is 10.1 Å². The monoisotopic (exact) mass is 764 g/mol. The van der Waals surface area contributed by atoms with Crippen molar-refractivity contribution in [3.8, 4) is 23.0 Å². The number of nitro groups is 1. The number of hydrogen-bond donors (Lipinski definition) is 2. The summed E-state index contributed by atoms with van der Waals surface area (Å²) in [5, 5.41) is 90.9. The van der Waals surface area contributed by atoms with Gasteiger partial charge in [-0.25, -0.2) is 13.6 Å². The van der Waals surface area contributed by atoms with Gasteiger partial charge < -0.3 is 25.5 Å². The maximum absolute atomic E-state index is 12.3. The van der Waals surface area contributed by atoms with E-state index in [4.69, 9.17) is 5.14 Å². The molecule has 0 saturated carbocycles. The quantitative estimate of drug-likeness (QED) is 0.0602. The molecule has 0 aliphatic rings. The summed E-state index contributed by atoms with van der Waals surface area (Å²) < 4.78 is 22.7. The van der Waals surface area contributed by atoms with Crippen LogP contribution in [0.5, 0.6) is 23.0 Å². The molecule has 19 heteroatoms. The van der Waals surface area contributed by atoms with Crippen LogP contribution in [0.15, 0.2) is 133 Å². The number of fused-ring (bicyclic) bond motifs is 2. The Kier molecular flexibility index (Phi) is 13.8. The number of non-ortho nitro benzene ring substituents is 1. The van der Waals surface area contributed by atoms with E-state index in [1.807, 2.05) is 12.1 Å². The normalized spacial score (nSPS) is 11.5. The average molecular weight is 765 g/mol. The van der Waals surface area contributed by atoms with Gasteiger partial charge >= 0.3 is 36.2 Å². The molecule has 0 bridgehead atoms. The fourth-order valence-electron chi connectivity index (χ4n) is 4.69. The van der Waals surface area contributed by atoms with Crippen LogP contribution in [0.1, 0.15) is 6.92 Å². The number of benzene rings is 6. The number of azo groups is 2. The molecule has 1 radical (unpaired) electrons. The molecule has 16 nitrogen and oxygen atoms in total. The van der Waals surface area contributed by atoms with E-state index in [1.165, 1.54) is 19.1 Å². The topological polar surface area (TPSA) is 278 Å². The minimum Gasteiger partial charge on any atom is -0.871 e. The molecular weight excluding hydrogens is 741 g/mol. The number of rotatable bonds is 7. The molecule has 0 atom stereocenters. The molecule has 0 saturated heterocycles. The summed E-state index contributed by atoms with van der Waals surface area (Å²) in [5.41, 5.74) is -0.466. The van der Waals surface area contributed by atoms with Gasteiger partial charge in [-0.3, -0.25) is 15.1 Å². The first-order valence-corrected chi connectivity index (χ1v) is 16.1. The molecule has 0 fully saturated rings. The number of nitro benzene ring substituents is 1. The van der Waals surface area contributed by atoms with Crippen LogP contribution in [0.25, 0.3) is 21.5 Å². The summed E-state index contributed by atoms with van der Waals surface area (Å²) >= 11 is 0. The third-order valence-electron chi connectivity index (χ3n) is 7.04. The predicted molar refractivity (Wildman–Crippen MR) is 180 cm³/mol. The Hall–Kier alpha value is -5.85. The Bertz CT molecular complexity index is 2530. The van der Waals surface area contributed by atoms with E-state index in [-0.39, 0.29) is 81.0 Å². The Morgan fingerprint density at radius 2 is 1.30 bits per heavy atom. The summed E-state index contributed by atoms with van der Waals surface area (Å²) in [7, 11) is -3.96. The maximum Gasteiger partial charge on any atom is 3.00 e. The number of primary sulfonamides is 1. The largest absolute Gasteiger partial charge is 3.00 e. The third kappa shape index (κ3) is 9.94. The number of aromatic hydroxyl groups is 1. The molecule has 0 heterocycles. The summed E-state index contributed by atoms with van der Waals surface area (Å²) in [6, 6.07) is 24.4. The Labute approximate surface area is 323 Å². The van der Waals surface area contributed by atoms with Crippen LogP contribution in [0.4, 0.5) is 34.1 Å². The second-order valence-electron chi connectivity index (χ2n) is 10.6. The van der Waals surface area contributed by atoms with Gasteiger partial charge in [-0.15, -0.1) is 5.11 Å². The van der Waals surface area contributed by atoms with E-state index in [0.717, 1.165) is 41.8 Å². The van der Waals surface area contributed by atoms with E-state index in [0.29, 0.717) is 16.2 Å². The predicted octanol–water partition coefficient (Wildman–Crippen LogP) is 2.40. The summed E-state index contributed by atoms with van der Waals surface area (Å²) in [6.07, 6.45) is 0. The Morgan fingerprint density at radius 3 is 1.96 bits per heavy atom. The molecule has 53 heavy (non-hydrogen) atoms. The molecule has 6 aromatic carbocycles. The van der Waals surface area contributed by atoms with Crippen molar-refractivity contribution in [1.29, 1.82) is 0 Å². The van der Waals surface area contributed by atoms with Crippen LogP contribution < -0.4 is 44.4 Å². The number of aliphatic imine (C=N–C) groups is 1. The van der Waals surface area contributed by atoms with Gasteiger partial charge in [0.25, 0.3) is 5.69 Å². The molecule has 261 valence electrons. The van der Waals surface area contributed by atoms with E-state index in [1.54, 1.807) is 42.5 Å². The van der Waals surface area contributed by atoms with Gasteiger partial charge in [-0.05, 0) is 47.9 Å². The van der Waals surface area contributed by atoms with Crippen molar-refractivity contribution in [2.75, 3.05) is 0 Å². The third-order valence-corrected chi connectivity index (χ3v) is 7.96. The molecule has 0 spiro atoms. The Morgan fingerprint density at radius 1 is 0.717 bits per heavy atom. The van der Waals surface area contributed by atoms with Gasteiger partial charge in [-0.2, -0.15) is 15.3 Å². The molecule has 0 aliphatic heterocycles. The van der Waals surface area contributed by atoms with Crippen LogP contribution in [-0.2, 0) is 27.4 Å². The van der Waals surface area contributed by atoms with Crippen LogP contribution in [-0.4, -0.2) is 24.3 Å². The molecule has 0 amide bonds. The molecule has 3 N–H and O–H groups in total. The van der Waals surface area contributed by atoms with Crippen LogP contribution >= 0.6 is 0 Å². The summed E-state index contributed by atoms with van der Waals surface area (Å²) in [6.45, 7) is 1.27. The van der Waals surface area contributed by atoms with Gasteiger partial charge in [-0.1, -0.05) is 84.0 Å². The molecule has 0 aromatic heterocycles. The van der Waals surface area contributed by atoms with Crippen molar-refractivity contribution in [1.82, 2.24) is 0 Å². The molecule has 0 unspecified atom stereocenters. The maximum atomic E-state index is 12.3. The fourth-order valence-corrected chi connectivity index (χ4v) is 5.22. The number of nitrogens with zero attached hydrogens (tertiary/aromatic N) is 6. The summed E-state index contributed by atoms with van der Waals surface area (Å²) in [4.78, 5) is 13.8. The molecule has 6 aromatic rings. The minimum atomic E-state index is -3.96. The number of sulfonamides is 1. The number of hydrogen-bond acceptors (Lipinski definition) is 14. The van der Waals surface area contributed by atoms with E-state index in [2.05, 4.69) is 25.4 Å². The van der Waals surface area contributed by atoms with Crippen molar-refractivity contribution in [3.63, 3.8) is 0 Å². The molecule has 0 aliphatic carbocycles. The first kappa shape index (κ1) is 41.6. The van der Waals surface area contributed by atoms with Gasteiger partial charge in [0.1, 0.15) is 11.4 Å². The van der Waals surface area contributed by atoms with Crippen molar-refractivity contribution < 1.29 is 75.1 Å². The van der Waals surface area contributed by atoms with E-state index >= 15 is 0 Å². The van der Waals surface area contributed by atoms with Gasteiger partial charge in [0.2, 0.25) is 10.0 Å². The minimum absolute atomic E-state index is 0. The fraction of sp³-hybridized carbons (Fsp3) is 0.0294. The zero-order valence-electron chi connectivity index (χ0n) is 27.6. The van der Waals surface area contributed by atoms with Crippen LogP contribution in [0.3, 0.4) is 0 Å². The van der Waals surface area contributed by atoms with Gasteiger partial charge in [0, 0.05) is 22.9 Å². The van der Waals surface area contributed by atoms with E-state index < -0.39 is 38.1 Å². The number of phenolic OH excluding ortho intramolecular Hbond substituents is 1. The first-order valence-electron chi connectivity index (χ1n) is 14.5. The zero-order valence-corrected chi connectivity index (χ0v) is 29.7.